The van der Waals surface area contributed by atoms with Crippen LogP contribution in [0.4, 0.5) is 0 Å². The number of aromatic nitrogens is 1. The van der Waals surface area contributed by atoms with Crippen LogP contribution in [0.1, 0.15) is 50.8 Å². The summed E-state index contributed by atoms with van der Waals surface area (Å²) in [7, 11) is 0. The Morgan fingerprint density at radius 1 is 1.13 bits per heavy atom. The zero-order valence-electron chi connectivity index (χ0n) is 18.4. The number of aliphatic hydroxyl groups excluding tert-OH is 1. The van der Waals surface area contributed by atoms with E-state index >= 15 is 0 Å². The molecule has 0 amide bonds. The van der Waals surface area contributed by atoms with Gasteiger partial charge in [0.25, 0.3) is 5.56 Å². The van der Waals surface area contributed by atoms with Crippen LogP contribution in [0.25, 0.3) is 11.1 Å². The third-order valence-corrected chi connectivity index (χ3v) is 6.28. The van der Waals surface area contributed by atoms with E-state index in [0.29, 0.717) is 24.4 Å². The molecule has 2 aliphatic heterocycles. The number of pyridine rings is 1. The van der Waals surface area contributed by atoms with Gasteiger partial charge in [-0.15, -0.1) is 0 Å². The monoisotopic (exact) mass is 410 g/mol. The molecule has 1 aromatic heterocycles. The first-order valence-corrected chi connectivity index (χ1v) is 11.3. The van der Waals surface area contributed by atoms with E-state index in [9.17, 15) is 9.90 Å². The summed E-state index contributed by atoms with van der Waals surface area (Å²) in [5.41, 5.74) is 3.91. The summed E-state index contributed by atoms with van der Waals surface area (Å²) in [6.07, 6.45) is 2.09. The number of ether oxygens (including phenoxy) is 1. The van der Waals surface area contributed by atoms with Crippen LogP contribution in [0, 0.1) is 11.8 Å². The number of rotatable bonds is 7. The van der Waals surface area contributed by atoms with E-state index in [-0.39, 0.29) is 12.2 Å². The number of nitrogens with zero attached hydrogens (tertiary/aromatic N) is 2. The largest absolute Gasteiger partial charge is 0.493 e. The lowest BCUT2D eigenvalue weighted by molar-refractivity contribution is 0.109. The first-order chi connectivity index (χ1) is 14.5. The van der Waals surface area contributed by atoms with Crippen molar-refractivity contribution in [3.63, 3.8) is 0 Å². The SMILES string of the molecule is CCCOc1ccc(-c2cc3n(c(=O)c2)C[C@H]2C[C@@H]3CN(CC(C)C)C2)cc1CO. The molecular weight excluding hydrogens is 376 g/mol. The number of fused-ring (bicyclic) bond motifs is 4. The fourth-order valence-electron chi connectivity index (χ4n) is 5.13. The van der Waals surface area contributed by atoms with Crippen LogP contribution in [0.15, 0.2) is 35.1 Å². The fraction of sp³-hybridized carbons (Fsp3) is 0.560. The van der Waals surface area contributed by atoms with Gasteiger partial charge in [-0.25, -0.2) is 0 Å². The minimum atomic E-state index is -0.0781. The van der Waals surface area contributed by atoms with Gasteiger partial charge in [0.2, 0.25) is 0 Å². The average Bonchev–Trinajstić information content (AvgIpc) is 2.72. The van der Waals surface area contributed by atoms with Crippen LogP contribution < -0.4 is 10.3 Å². The Bertz CT molecular complexity index is 950. The third kappa shape index (κ3) is 4.33. The van der Waals surface area contributed by atoms with E-state index in [1.165, 1.54) is 12.1 Å². The van der Waals surface area contributed by atoms with Crippen molar-refractivity contribution in [3.8, 4) is 16.9 Å². The van der Waals surface area contributed by atoms with E-state index in [4.69, 9.17) is 4.74 Å². The van der Waals surface area contributed by atoms with Crippen molar-refractivity contribution in [2.45, 2.75) is 52.7 Å². The van der Waals surface area contributed by atoms with E-state index in [0.717, 1.165) is 55.0 Å². The van der Waals surface area contributed by atoms with Crippen molar-refractivity contribution in [1.82, 2.24) is 9.47 Å². The molecule has 30 heavy (non-hydrogen) atoms. The molecule has 5 nitrogen and oxygen atoms in total. The standard InChI is InChI=1S/C25H34N2O3/c1-4-7-30-24-6-5-19(9-22(24)16-28)20-10-23-21-8-18(14-27(23)25(29)11-20)13-26(15-21)12-17(2)3/h5-6,9-11,17-18,21,28H,4,7-8,12-16H2,1-3H3/t18-,21+/m0/s1. The lowest BCUT2D eigenvalue weighted by atomic mass is 9.82. The molecule has 2 aromatic rings. The average molecular weight is 411 g/mol. The van der Waals surface area contributed by atoms with Gasteiger partial charge in [0, 0.05) is 49.4 Å². The van der Waals surface area contributed by atoms with Crippen molar-refractivity contribution in [2.24, 2.45) is 11.8 Å². The molecule has 0 aliphatic carbocycles. The molecule has 1 saturated heterocycles. The summed E-state index contributed by atoms with van der Waals surface area (Å²) in [4.78, 5) is 15.6. The lowest BCUT2D eigenvalue weighted by Crippen LogP contribution is -2.48. The molecule has 3 heterocycles. The highest BCUT2D eigenvalue weighted by Crippen LogP contribution is 2.37. The Morgan fingerprint density at radius 2 is 1.97 bits per heavy atom. The van der Waals surface area contributed by atoms with Crippen molar-refractivity contribution < 1.29 is 9.84 Å². The second-order valence-electron chi connectivity index (χ2n) is 9.36. The Hall–Kier alpha value is -2.11. The molecule has 4 rings (SSSR count). The predicted octanol–water partition coefficient (Wildman–Crippen LogP) is 3.87. The van der Waals surface area contributed by atoms with E-state index in [2.05, 4.69) is 31.7 Å². The molecule has 2 aliphatic rings. The highest BCUT2D eigenvalue weighted by atomic mass is 16.5. The maximum Gasteiger partial charge on any atom is 0.251 e. The Morgan fingerprint density at radius 3 is 2.70 bits per heavy atom. The van der Waals surface area contributed by atoms with Crippen molar-refractivity contribution in [1.29, 1.82) is 0 Å². The van der Waals surface area contributed by atoms with Crippen LogP contribution in [-0.2, 0) is 13.2 Å². The van der Waals surface area contributed by atoms with Gasteiger partial charge < -0.3 is 19.3 Å². The van der Waals surface area contributed by atoms with Gasteiger partial charge in [0.1, 0.15) is 5.75 Å². The number of hydrogen-bond donors (Lipinski definition) is 1. The topological polar surface area (TPSA) is 54.7 Å². The number of piperidine rings is 1. The molecule has 0 unspecified atom stereocenters. The summed E-state index contributed by atoms with van der Waals surface area (Å²) in [5.74, 6) is 2.35. The quantitative estimate of drug-likeness (QED) is 0.753. The normalized spacial score (nSPS) is 21.0. The molecule has 0 radical (unpaired) electrons. The second-order valence-corrected chi connectivity index (χ2v) is 9.36. The maximum absolute atomic E-state index is 13.0. The number of hydrogen-bond acceptors (Lipinski definition) is 4. The van der Waals surface area contributed by atoms with Gasteiger partial charge in [-0.05, 0) is 54.0 Å². The van der Waals surface area contributed by atoms with Gasteiger partial charge in [0.05, 0.1) is 13.2 Å². The van der Waals surface area contributed by atoms with Crippen LogP contribution >= 0.6 is 0 Å². The van der Waals surface area contributed by atoms with E-state index in [1.807, 2.05) is 22.8 Å². The van der Waals surface area contributed by atoms with Crippen LogP contribution in [0.3, 0.4) is 0 Å². The number of aliphatic hydroxyl groups is 1. The predicted molar refractivity (Wildman–Crippen MR) is 120 cm³/mol. The Labute approximate surface area is 179 Å². The second kappa shape index (κ2) is 8.94. The number of benzene rings is 1. The van der Waals surface area contributed by atoms with Gasteiger partial charge in [-0.1, -0.05) is 26.8 Å². The van der Waals surface area contributed by atoms with Crippen LogP contribution in [0.5, 0.6) is 5.75 Å². The lowest BCUT2D eigenvalue weighted by Gasteiger charge is -2.43. The molecule has 1 fully saturated rings. The molecular formula is C25H34N2O3. The Kier molecular flexibility index (Phi) is 6.30. The first kappa shape index (κ1) is 21.1. The van der Waals surface area contributed by atoms with Crippen LogP contribution in [0.2, 0.25) is 0 Å². The van der Waals surface area contributed by atoms with Crippen molar-refractivity contribution in [2.75, 3.05) is 26.2 Å². The molecule has 1 N–H and O–H groups in total. The summed E-state index contributed by atoms with van der Waals surface area (Å²) >= 11 is 0. The Balaban J connectivity index is 1.66. The summed E-state index contributed by atoms with van der Waals surface area (Å²) < 4.78 is 7.75. The van der Waals surface area contributed by atoms with Gasteiger partial charge in [0.15, 0.2) is 0 Å². The van der Waals surface area contributed by atoms with Gasteiger partial charge in [-0.2, -0.15) is 0 Å². The van der Waals surface area contributed by atoms with Crippen LogP contribution in [-0.4, -0.2) is 40.8 Å². The summed E-state index contributed by atoms with van der Waals surface area (Å²) in [6, 6.07) is 9.81. The number of likely N-dealkylation sites (tertiary alicyclic amines) is 1. The zero-order chi connectivity index (χ0) is 21.3. The molecule has 0 spiro atoms. The van der Waals surface area contributed by atoms with E-state index < -0.39 is 0 Å². The summed E-state index contributed by atoms with van der Waals surface area (Å²) in [6.45, 7) is 11.2. The smallest absolute Gasteiger partial charge is 0.251 e. The molecule has 2 atom stereocenters. The van der Waals surface area contributed by atoms with Gasteiger partial charge in [-0.3, -0.25) is 4.79 Å². The highest BCUT2D eigenvalue weighted by Gasteiger charge is 2.35. The molecule has 162 valence electrons. The fourth-order valence-corrected chi connectivity index (χ4v) is 5.13. The van der Waals surface area contributed by atoms with E-state index in [1.54, 1.807) is 6.07 Å². The van der Waals surface area contributed by atoms with Crippen molar-refractivity contribution in [3.05, 3.63) is 51.9 Å². The minimum Gasteiger partial charge on any atom is -0.493 e. The highest BCUT2D eigenvalue weighted by molar-refractivity contribution is 5.66. The van der Waals surface area contributed by atoms with Gasteiger partial charge >= 0.3 is 0 Å². The third-order valence-electron chi connectivity index (χ3n) is 6.28. The zero-order valence-corrected chi connectivity index (χ0v) is 18.4. The first-order valence-electron chi connectivity index (χ1n) is 11.3. The van der Waals surface area contributed by atoms with Crippen molar-refractivity contribution >= 4 is 0 Å². The molecule has 2 bridgehead atoms. The maximum atomic E-state index is 13.0. The summed E-state index contributed by atoms with van der Waals surface area (Å²) in [5, 5.41) is 9.80. The minimum absolute atomic E-state index is 0.0781. The molecule has 1 aromatic carbocycles. The molecule has 0 saturated carbocycles. The molecule has 5 heteroatoms.